The molecular weight excluding hydrogens is 591 g/mol. The number of fused-ring (bicyclic) bond motifs is 15. The van der Waals surface area contributed by atoms with Crippen LogP contribution in [-0.4, -0.2) is 18.3 Å². The molecule has 2 nitrogen and oxygen atoms in total. The third-order valence-electron chi connectivity index (χ3n) is 11.4. The summed E-state index contributed by atoms with van der Waals surface area (Å²) in [5.41, 5.74) is 12.5. The van der Waals surface area contributed by atoms with E-state index in [1.165, 1.54) is 75.8 Å². The number of rotatable bonds is 1. The molecule has 4 heteroatoms. The average Bonchev–Trinajstić information content (AvgIpc) is 3.64. The molecule has 6 aromatic carbocycles. The van der Waals surface area contributed by atoms with Gasteiger partial charge in [0.05, 0.1) is 16.6 Å². The molecule has 10 rings (SSSR count). The maximum atomic E-state index is 6.67. The molecule has 0 N–H and O–H groups in total. The molecular formula is C43H33BO2S. The lowest BCUT2D eigenvalue weighted by atomic mass is 9.64. The van der Waals surface area contributed by atoms with Gasteiger partial charge in [0.1, 0.15) is 0 Å². The highest BCUT2D eigenvalue weighted by molar-refractivity contribution is 7.25. The van der Waals surface area contributed by atoms with Gasteiger partial charge in [-0.3, -0.25) is 0 Å². The third-order valence-corrected chi connectivity index (χ3v) is 12.5. The zero-order valence-electron chi connectivity index (χ0n) is 26.9. The van der Waals surface area contributed by atoms with E-state index in [9.17, 15) is 0 Å². The van der Waals surface area contributed by atoms with Gasteiger partial charge in [-0.25, -0.2) is 0 Å². The first kappa shape index (κ1) is 27.6. The van der Waals surface area contributed by atoms with Crippen molar-refractivity contribution in [2.24, 2.45) is 0 Å². The minimum Gasteiger partial charge on any atom is -0.399 e. The molecule has 0 amide bonds. The van der Waals surface area contributed by atoms with Gasteiger partial charge < -0.3 is 9.31 Å². The zero-order valence-corrected chi connectivity index (χ0v) is 27.7. The zero-order chi connectivity index (χ0) is 31.7. The Morgan fingerprint density at radius 1 is 0.447 bits per heavy atom. The predicted molar refractivity (Wildman–Crippen MR) is 197 cm³/mol. The lowest BCUT2D eigenvalue weighted by molar-refractivity contribution is 0.00578. The van der Waals surface area contributed by atoms with Gasteiger partial charge in [-0.05, 0) is 107 Å². The van der Waals surface area contributed by atoms with Crippen LogP contribution in [0.2, 0.25) is 0 Å². The Morgan fingerprint density at radius 3 is 1.66 bits per heavy atom. The van der Waals surface area contributed by atoms with Crippen molar-refractivity contribution < 1.29 is 9.31 Å². The summed E-state index contributed by atoms with van der Waals surface area (Å²) in [6.45, 7) is 8.52. The Kier molecular flexibility index (Phi) is 5.48. The van der Waals surface area contributed by atoms with E-state index in [0.29, 0.717) is 0 Å². The van der Waals surface area contributed by atoms with Crippen molar-refractivity contribution in [1.29, 1.82) is 0 Å². The summed E-state index contributed by atoms with van der Waals surface area (Å²) < 4.78 is 16.0. The molecule has 226 valence electrons. The van der Waals surface area contributed by atoms with E-state index in [-0.39, 0.29) is 0 Å². The minimum atomic E-state index is -0.555. The van der Waals surface area contributed by atoms with Crippen molar-refractivity contribution in [3.05, 3.63) is 150 Å². The summed E-state index contributed by atoms with van der Waals surface area (Å²) in [6.07, 6.45) is 0. The van der Waals surface area contributed by atoms with Crippen molar-refractivity contribution in [2.75, 3.05) is 0 Å². The lowest BCUT2D eigenvalue weighted by Gasteiger charge is -2.35. The smallest absolute Gasteiger partial charge is 0.399 e. The normalized spacial score (nSPS) is 19.7. The van der Waals surface area contributed by atoms with Gasteiger partial charge in [0.2, 0.25) is 0 Å². The number of benzene rings is 6. The van der Waals surface area contributed by atoms with E-state index in [4.69, 9.17) is 9.31 Å². The molecule has 47 heavy (non-hydrogen) atoms. The molecule has 1 saturated heterocycles. The van der Waals surface area contributed by atoms with Crippen molar-refractivity contribution in [2.45, 2.75) is 44.3 Å². The molecule has 2 heterocycles. The second kappa shape index (κ2) is 9.32. The monoisotopic (exact) mass is 624 g/mol. The van der Waals surface area contributed by atoms with Crippen LogP contribution in [0.25, 0.3) is 53.6 Å². The van der Waals surface area contributed by atoms with Crippen LogP contribution in [0.3, 0.4) is 0 Å². The Bertz CT molecular complexity index is 2440. The summed E-state index contributed by atoms with van der Waals surface area (Å²) in [4.78, 5) is 0. The molecule has 2 aliphatic carbocycles. The van der Waals surface area contributed by atoms with Crippen LogP contribution in [0.15, 0.2) is 127 Å². The van der Waals surface area contributed by atoms with Gasteiger partial charge >= 0.3 is 7.12 Å². The van der Waals surface area contributed by atoms with Gasteiger partial charge in [0, 0.05) is 20.2 Å². The van der Waals surface area contributed by atoms with E-state index >= 15 is 0 Å². The van der Waals surface area contributed by atoms with Gasteiger partial charge in [-0.1, -0.05) is 109 Å². The fraction of sp³-hybridized carbons (Fsp3) is 0.163. The highest BCUT2D eigenvalue weighted by Crippen LogP contribution is 2.62. The predicted octanol–water partition coefficient (Wildman–Crippen LogP) is 10.4. The SMILES string of the molecule is CC1(C)OB(c2ccc3c(c2)C2(c4ccccc4-c4ccccc4-3)c3ccccc3-c3cc4c(cc32)sc2ccccc24)OC1(C)C. The summed E-state index contributed by atoms with van der Waals surface area (Å²) in [6, 6.07) is 47.8. The maximum absolute atomic E-state index is 6.67. The molecule has 3 aliphatic rings. The summed E-state index contributed by atoms with van der Waals surface area (Å²) in [7, 11) is -0.461. The Labute approximate surface area is 279 Å². The second-order valence-electron chi connectivity index (χ2n) is 14.3. The van der Waals surface area contributed by atoms with Gasteiger partial charge in [0.15, 0.2) is 0 Å². The van der Waals surface area contributed by atoms with Crippen LogP contribution >= 0.6 is 11.3 Å². The Morgan fingerprint density at radius 2 is 0.979 bits per heavy atom. The van der Waals surface area contributed by atoms with Crippen molar-refractivity contribution in [3.8, 4) is 33.4 Å². The molecule has 0 saturated carbocycles. The molecule has 0 radical (unpaired) electrons. The van der Waals surface area contributed by atoms with E-state index in [1.54, 1.807) is 0 Å². The molecule has 1 aromatic heterocycles. The lowest BCUT2D eigenvalue weighted by Crippen LogP contribution is -2.41. The number of thiophene rings is 1. The summed E-state index contributed by atoms with van der Waals surface area (Å²) in [5.74, 6) is 0. The average molecular weight is 625 g/mol. The number of hydrogen-bond acceptors (Lipinski definition) is 3. The fourth-order valence-electron chi connectivity index (χ4n) is 8.45. The van der Waals surface area contributed by atoms with Crippen LogP contribution < -0.4 is 5.46 Å². The molecule has 0 bridgehead atoms. The van der Waals surface area contributed by atoms with Crippen LogP contribution in [0, 0.1) is 0 Å². The molecule has 1 fully saturated rings. The summed E-state index contributed by atoms with van der Waals surface area (Å²) >= 11 is 1.89. The Hall–Kier alpha value is -4.48. The standard InChI is InChI=1S/C43H33BO2S/c1-41(2)42(3,4)46-44(45-41)26-21-22-31-28-14-6-5-13-27(28)29-15-7-10-18-35(29)43(37(31)23-26)36-19-11-8-16-30(36)33-24-34-32-17-9-12-20-39(32)47-40(34)25-38(33)43/h5-25H,1-4H3. The van der Waals surface area contributed by atoms with Crippen LogP contribution in [0.5, 0.6) is 0 Å². The van der Waals surface area contributed by atoms with E-state index in [1.807, 2.05) is 11.3 Å². The third kappa shape index (κ3) is 3.53. The summed E-state index contributed by atoms with van der Waals surface area (Å²) in [5, 5.41) is 2.65. The van der Waals surface area contributed by atoms with Crippen LogP contribution in [0.4, 0.5) is 0 Å². The van der Waals surface area contributed by atoms with Crippen LogP contribution in [0.1, 0.15) is 49.9 Å². The van der Waals surface area contributed by atoms with E-state index in [0.717, 1.165) is 5.46 Å². The van der Waals surface area contributed by atoms with Gasteiger partial charge in [-0.15, -0.1) is 11.3 Å². The first-order valence-corrected chi connectivity index (χ1v) is 17.3. The van der Waals surface area contributed by atoms with E-state index < -0.39 is 23.7 Å². The van der Waals surface area contributed by atoms with Crippen molar-refractivity contribution in [3.63, 3.8) is 0 Å². The molecule has 1 aliphatic heterocycles. The molecule has 1 atom stereocenters. The van der Waals surface area contributed by atoms with Gasteiger partial charge in [0.25, 0.3) is 0 Å². The quantitative estimate of drug-likeness (QED) is 0.169. The number of hydrogen-bond donors (Lipinski definition) is 0. The fourth-order valence-corrected chi connectivity index (χ4v) is 9.58. The molecule has 1 unspecified atom stereocenters. The van der Waals surface area contributed by atoms with Gasteiger partial charge in [-0.2, -0.15) is 0 Å². The second-order valence-corrected chi connectivity index (χ2v) is 15.4. The van der Waals surface area contributed by atoms with Crippen molar-refractivity contribution >= 4 is 44.1 Å². The highest BCUT2D eigenvalue weighted by atomic mass is 32.1. The molecule has 7 aromatic rings. The van der Waals surface area contributed by atoms with Crippen molar-refractivity contribution in [1.82, 2.24) is 0 Å². The molecule has 1 spiro atoms. The maximum Gasteiger partial charge on any atom is 0.494 e. The topological polar surface area (TPSA) is 18.5 Å². The highest BCUT2D eigenvalue weighted by Gasteiger charge is 2.54. The Balaban J connectivity index is 1.37. The van der Waals surface area contributed by atoms with E-state index in [2.05, 4.69) is 155 Å². The minimum absolute atomic E-state index is 0.430. The largest absolute Gasteiger partial charge is 0.494 e. The first-order chi connectivity index (χ1) is 22.8. The van der Waals surface area contributed by atoms with Crippen LogP contribution in [-0.2, 0) is 14.7 Å². The first-order valence-electron chi connectivity index (χ1n) is 16.5.